The zero-order valence-electron chi connectivity index (χ0n) is 9.15. The third-order valence-corrected chi connectivity index (χ3v) is 4.06. The summed E-state index contributed by atoms with van der Waals surface area (Å²) in [6.45, 7) is 2.17. The highest BCUT2D eigenvalue weighted by atomic mass is 32.1. The smallest absolute Gasteiger partial charge is 0.109 e. The molecule has 2 rings (SSSR count). The quantitative estimate of drug-likeness (QED) is 0.828. The van der Waals surface area contributed by atoms with Crippen LogP contribution in [0, 0.1) is 0 Å². The molecule has 1 heterocycles. The summed E-state index contributed by atoms with van der Waals surface area (Å²) < 4.78 is 0. The second kappa shape index (κ2) is 5.05. The number of aromatic nitrogens is 1. The van der Waals surface area contributed by atoms with Gasteiger partial charge in [0.1, 0.15) is 5.01 Å². The van der Waals surface area contributed by atoms with E-state index in [-0.39, 0.29) is 0 Å². The molecule has 0 saturated heterocycles. The molecule has 0 bridgehead atoms. The Morgan fingerprint density at radius 3 is 3.00 bits per heavy atom. The molecule has 0 unspecified atom stereocenters. The van der Waals surface area contributed by atoms with E-state index in [1.54, 1.807) is 11.3 Å². The first-order valence-electron chi connectivity index (χ1n) is 5.68. The molecule has 3 atom stereocenters. The summed E-state index contributed by atoms with van der Waals surface area (Å²) in [7, 11) is 0. The maximum Gasteiger partial charge on any atom is 0.109 e. The van der Waals surface area contributed by atoms with E-state index >= 15 is 0 Å². The van der Waals surface area contributed by atoms with Crippen LogP contribution in [0.4, 0.5) is 0 Å². The van der Waals surface area contributed by atoms with Crippen molar-refractivity contribution in [3.8, 4) is 0 Å². The van der Waals surface area contributed by atoms with Gasteiger partial charge in [-0.05, 0) is 19.8 Å². The van der Waals surface area contributed by atoms with Crippen molar-refractivity contribution in [1.29, 1.82) is 0 Å². The molecule has 1 aliphatic carbocycles. The summed E-state index contributed by atoms with van der Waals surface area (Å²) in [4.78, 5) is 4.32. The van der Waals surface area contributed by atoms with Crippen LogP contribution in [0.3, 0.4) is 0 Å². The molecule has 0 amide bonds. The van der Waals surface area contributed by atoms with Crippen molar-refractivity contribution in [2.24, 2.45) is 5.73 Å². The van der Waals surface area contributed by atoms with Crippen LogP contribution in [0.25, 0.3) is 0 Å². The van der Waals surface area contributed by atoms with Crippen LogP contribution < -0.4 is 11.1 Å². The van der Waals surface area contributed by atoms with Crippen molar-refractivity contribution in [2.75, 3.05) is 0 Å². The summed E-state index contributed by atoms with van der Waals surface area (Å²) in [5, 5.41) is 6.78. The highest BCUT2D eigenvalue weighted by Gasteiger charge is 2.23. The molecule has 3 nitrogen and oxygen atoms in total. The molecule has 1 aliphatic rings. The molecule has 0 aliphatic heterocycles. The highest BCUT2D eigenvalue weighted by molar-refractivity contribution is 7.09. The van der Waals surface area contributed by atoms with Crippen molar-refractivity contribution < 1.29 is 0 Å². The lowest BCUT2D eigenvalue weighted by Gasteiger charge is -2.31. The molecule has 15 heavy (non-hydrogen) atoms. The Balaban J connectivity index is 1.90. The van der Waals surface area contributed by atoms with Gasteiger partial charge in [-0.15, -0.1) is 11.3 Å². The number of nitrogens with one attached hydrogen (secondary N) is 1. The van der Waals surface area contributed by atoms with Gasteiger partial charge in [-0.1, -0.05) is 12.8 Å². The van der Waals surface area contributed by atoms with Crippen molar-refractivity contribution in [1.82, 2.24) is 10.3 Å². The van der Waals surface area contributed by atoms with Gasteiger partial charge < -0.3 is 11.1 Å². The van der Waals surface area contributed by atoms with E-state index in [0.717, 1.165) is 11.4 Å². The first-order valence-corrected chi connectivity index (χ1v) is 6.56. The lowest BCUT2D eigenvalue weighted by atomic mass is 9.90. The molecule has 0 radical (unpaired) electrons. The van der Waals surface area contributed by atoms with Gasteiger partial charge in [0.2, 0.25) is 0 Å². The van der Waals surface area contributed by atoms with Gasteiger partial charge in [0.25, 0.3) is 0 Å². The molecule has 4 heteroatoms. The Kier molecular flexibility index (Phi) is 3.72. The first-order chi connectivity index (χ1) is 7.27. The number of hydrogen-bond donors (Lipinski definition) is 2. The Bertz CT molecular complexity index is 286. The molecule has 1 saturated carbocycles. The summed E-state index contributed by atoms with van der Waals surface area (Å²) in [5.74, 6) is 0. The number of nitrogens with zero attached hydrogens (tertiary/aromatic N) is 1. The predicted molar refractivity (Wildman–Crippen MR) is 63.9 cm³/mol. The van der Waals surface area contributed by atoms with E-state index in [4.69, 9.17) is 5.73 Å². The van der Waals surface area contributed by atoms with Crippen LogP contribution >= 0.6 is 11.3 Å². The van der Waals surface area contributed by atoms with Gasteiger partial charge in [0, 0.05) is 23.7 Å². The van der Waals surface area contributed by atoms with Crippen LogP contribution in [-0.2, 0) is 0 Å². The van der Waals surface area contributed by atoms with Crippen molar-refractivity contribution in [3.05, 3.63) is 16.6 Å². The van der Waals surface area contributed by atoms with Crippen LogP contribution in [0.2, 0.25) is 0 Å². The van der Waals surface area contributed by atoms with Gasteiger partial charge in [-0.2, -0.15) is 0 Å². The summed E-state index contributed by atoms with van der Waals surface area (Å²) in [5.41, 5.74) is 6.10. The van der Waals surface area contributed by atoms with E-state index in [2.05, 4.69) is 17.2 Å². The molecule has 1 aromatic rings. The molecular formula is C11H19N3S. The van der Waals surface area contributed by atoms with Crippen molar-refractivity contribution in [2.45, 2.75) is 50.7 Å². The second-order valence-corrected chi connectivity index (χ2v) is 5.24. The molecule has 3 N–H and O–H groups in total. The van der Waals surface area contributed by atoms with Gasteiger partial charge in [-0.25, -0.2) is 4.98 Å². The fourth-order valence-electron chi connectivity index (χ4n) is 2.21. The van der Waals surface area contributed by atoms with Gasteiger partial charge in [-0.3, -0.25) is 0 Å². The van der Waals surface area contributed by atoms with Gasteiger partial charge >= 0.3 is 0 Å². The molecule has 1 fully saturated rings. The van der Waals surface area contributed by atoms with Crippen LogP contribution in [-0.4, -0.2) is 17.1 Å². The minimum Gasteiger partial charge on any atom is -0.326 e. The monoisotopic (exact) mass is 225 g/mol. The topological polar surface area (TPSA) is 50.9 Å². The lowest BCUT2D eigenvalue weighted by molar-refractivity contribution is 0.306. The van der Waals surface area contributed by atoms with Crippen LogP contribution in [0.5, 0.6) is 0 Å². The SMILES string of the molecule is C[C@@H](N[C@@H]1CCCC[C@@H]1N)c1nccs1. The lowest BCUT2D eigenvalue weighted by Crippen LogP contribution is -2.47. The zero-order valence-corrected chi connectivity index (χ0v) is 9.96. The third-order valence-electron chi connectivity index (χ3n) is 3.11. The van der Waals surface area contributed by atoms with E-state index in [1.807, 2.05) is 11.6 Å². The normalized spacial score (nSPS) is 28.9. The summed E-state index contributed by atoms with van der Waals surface area (Å²) in [6.07, 6.45) is 6.80. The molecule has 0 aromatic carbocycles. The number of nitrogens with two attached hydrogens (primary N) is 1. The average Bonchev–Trinajstić information content (AvgIpc) is 2.74. The summed E-state index contributed by atoms with van der Waals surface area (Å²) in [6, 6.07) is 1.12. The first kappa shape index (κ1) is 11.0. The number of thiazole rings is 1. The predicted octanol–water partition coefficient (Wildman–Crippen LogP) is 2.06. The number of hydrogen-bond acceptors (Lipinski definition) is 4. The maximum absolute atomic E-state index is 6.10. The number of rotatable bonds is 3. The average molecular weight is 225 g/mol. The summed E-state index contributed by atoms with van der Waals surface area (Å²) >= 11 is 1.71. The van der Waals surface area contributed by atoms with E-state index in [9.17, 15) is 0 Å². The molecule has 84 valence electrons. The Hall–Kier alpha value is -0.450. The molecular weight excluding hydrogens is 206 g/mol. The third kappa shape index (κ3) is 2.77. The fraction of sp³-hybridized carbons (Fsp3) is 0.727. The maximum atomic E-state index is 6.10. The van der Waals surface area contributed by atoms with E-state index < -0.39 is 0 Å². The van der Waals surface area contributed by atoms with Crippen LogP contribution in [0.15, 0.2) is 11.6 Å². The standard InChI is InChI=1S/C11H19N3S/c1-8(11-13-6-7-15-11)14-10-5-3-2-4-9(10)12/h6-10,14H,2-5,12H2,1H3/t8-,9+,10-/m1/s1. The van der Waals surface area contributed by atoms with Gasteiger partial charge in [0.15, 0.2) is 0 Å². The highest BCUT2D eigenvalue weighted by Crippen LogP contribution is 2.21. The molecule has 1 aromatic heterocycles. The van der Waals surface area contributed by atoms with E-state index in [0.29, 0.717) is 18.1 Å². The molecule has 0 spiro atoms. The minimum absolute atomic E-state index is 0.321. The zero-order chi connectivity index (χ0) is 10.7. The largest absolute Gasteiger partial charge is 0.326 e. The van der Waals surface area contributed by atoms with Crippen LogP contribution in [0.1, 0.15) is 43.7 Å². The van der Waals surface area contributed by atoms with Crippen molar-refractivity contribution in [3.63, 3.8) is 0 Å². The van der Waals surface area contributed by atoms with Crippen molar-refractivity contribution >= 4 is 11.3 Å². The van der Waals surface area contributed by atoms with Gasteiger partial charge in [0.05, 0.1) is 6.04 Å². The van der Waals surface area contributed by atoms with E-state index in [1.165, 1.54) is 19.3 Å². The second-order valence-electron chi connectivity index (χ2n) is 4.31. The Labute approximate surface area is 95.1 Å². The Morgan fingerprint density at radius 2 is 2.33 bits per heavy atom. The Morgan fingerprint density at radius 1 is 1.53 bits per heavy atom. The minimum atomic E-state index is 0.321. The fourth-order valence-corrected chi connectivity index (χ4v) is 2.86.